The fourth-order valence-corrected chi connectivity index (χ4v) is 5.07. The number of amides is 1. The second kappa shape index (κ2) is 8.30. The molecule has 0 atom stereocenters. The molecule has 9 heteroatoms. The number of nitrogens with zero attached hydrogens (tertiary/aromatic N) is 2. The zero-order valence-corrected chi connectivity index (χ0v) is 17.1. The lowest BCUT2D eigenvalue weighted by Gasteiger charge is -2.30. The largest absolute Gasteiger partial charge is 0.326 e. The molecule has 0 spiro atoms. The first kappa shape index (κ1) is 20.9. The van der Waals surface area contributed by atoms with E-state index < -0.39 is 14.9 Å². The number of carbonyl (C=O) groups is 1. The standard InChI is InChI=1S/C20H23N3O5S/c1-14-3-6-17(7-4-14)21-20(24)16-9-11-22(12-10-16)29(27,28)19-13-18(23(25)26)8-5-15(19)2/h3-8,13,16H,9-12H2,1-2H3,(H,21,24). The Labute approximate surface area is 169 Å². The van der Waals surface area contributed by atoms with Crippen molar-refractivity contribution in [1.82, 2.24) is 4.31 Å². The van der Waals surface area contributed by atoms with Gasteiger partial charge in [-0.15, -0.1) is 0 Å². The molecule has 1 N–H and O–H groups in total. The summed E-state index contributed by atoms with van der Waals surface area (Å²) in [4.78, 5) is 22.8. The highest BCUT2D eigenvalue weighted by Crippen LogP contribution is 2.28. The molecule has 2 aromatic rings. The number of nitro groups is 1. The summed E-state index contributed by atoms with van der Waals surface area (Å²) in [5.74, 6) is -0.411. The third kappa shape index (κ3) is 4.63. The number of aryl methyl sites for hydroxylation is 2. The molecular weight excluding hydrogens is 394 g/mol. The molecule has 0 aromatic heterocycles. The highest BCUT2D eigenvalue weighted by Gasteiger charge is 2.33. The van der Waals surface area contributed by atoms with Crippen LogP contribution in [0.4, 0.5) is 11.4 Å². The molecule has 1 amide bonds. The Hall–Kier alpha value is -2.78. The highest BCUT2D eigenvalue weighted by atomic mass is 32.2. The number of carbonyl (C=O) groups excluding carboxylic acids is 1. The minimum Gasteiger partial charge on any atom is -0.326 e. The molecule has 1 aliphatic heterocycles. The summed E-state index contributed by atoms with van der Waals surface area (Å²) in [5.41, 5.74) is 2.00. The summed E-state index contributed by atoms with van der Waals surface area (Å²) in [6, 6.07) is 11.3. The van der Waals surface area contributed by atoms with Crippen LogP contribution in [0.1, 0.15) is 24.0 Å². The summed E-state index contributed by atoms with van der Waals surface area (Å²) in [7, 11) is -3.86. The van der Waals surface area contributed by atoms with Gasteiger partial charge in [-0.2, -0.15) is 4.31 Å². The van der Waals surface area contributed by atoms with Crippen LogP contribution in [-0.4, -0.2) is 36.6 Å². The monoisotopic (exact) mass is 417 g/mol. The van der Waals surface area contributed by atoms with Crippen molar-refractivity contribution < 1.29 is 18.1 Å². The van der Waals surface area contributed by atoms with E-state index in [0.717, 1.165) is 11.6 Å². The summed E-state index contributed by atoms with van der Waals surface area (Å²) in [5, 5.41) is 13.9. The second-order valence-electron chi connectivity index (χ2n) is 7.24. The van der Waals surface area contributed by atoms with Gasteiger partial charge in [-0.05, 0) is 44.4 Å². The average Bonchev–Trinajstić information content (AvgIpc) is 2.69. The van der Waals surface area contributed by atoms with Crippen molar-refractivity contribution in [2.75, 3.05) is 18.4 Å². The van der Waals surface area contributed by atoms with Crippen molar-refractivity contribution in [3.63, 3.8) is 0 Å². The maximum atomic E-state index is 13.0. The maximum absolute atomic E-state index is 13.0. The summed E-state index contributed by atoms with van der Waals surface area (Å²) >= 11 is 0. The Kier molecular flexibility index (Phi) is 5.99. The van der Waals surface area contributed by atoms with Gasteiger partial charge in [-0.1, -0.05) is 23.8 Å². The molecule has 2 aromatic carbocycles. The maximum Gasteiger partial charge on any atom is 0.270 e. The molecule has 1 saturated heterocycles. The smallest absolute Gasteiger partial charge is 0.270 e. The van der Waals surface area contributed by atoms with Crippen molar-refractivity contribution in [1.29, 1.82) is 0 Å². The molecule has 0 unspecified atom stereocenters. The van der Waals surface area contributed by atoms with Gasteiger partial charge in [0, 0.05) is 36.8 Å². The van der Waals surface area contributed by atoms with Gasteiger partial charge in [0.05, 0.1) is 9.82 Å². The van der Waals surface area contributed by atoms with E-state index in [9.17, 15) is 23.3 Å². The number of anilines is 1. The van der Waals surface area contributed by atoms with Crippen LogP contribution in [0, 0.1) is 29.9 Å². The lowest BCUT2D eigenvalue weighted by molar-refractivity contribution is -0.385. The van der Waals surface area contributed by atoms with Gasteiger partial charge in [0.15, 0.2) is 0 Å². The van der Waals surface area contributed by atoms with E-state index >= 15 is 0 Å². The fraction of sp³-hybridized carbons (Fsp3) is 0.350. The first-order chi connectivity index (χ1) is 13.7. The first-order valence-corrected chi connectivity index (χ1v) is 10.8. The van der Waals surface area contributed by atoms with Crippen molar-refractivity contribution in [3.8, 4) is 0 Å². The minimum atomic E-state index is -3.86. The van der Waals surface area contributed by atoms with Crippen LogP contribution < -0.4 is 5.32 Å². The normalized spacial score (nSPS) is 15.8. The summed E-state index contributed by atoms with van der Waals surface area (Å²) in [6.07, 6.45) is 0.787. The van der Waals surface area contributed by atoms with Crippen LogP contribution in [0.15, 0.2) is 47.4 Å². The Bertz CT molecular complexity index is 1030. The van der Waals surface area contributed by atoms with Crippen molar-refractivity contribution in [2.45, 2.75) is 31.6 Å². The van der Waals surface area contributed by atoms with Gasteiger partial charge >= 0.3 is 0 Å². The van der Waals surface area contributed by atoms with Crippen LogP contribution in [0.5, 0.6) is 0 Å². The number of nitrogens with one attached hydrogen (secondary N) is 1. The number of hydrogen-bond donors (Lipinski definition) is 1. The van der Waals surface area contributed by atoms with Crippen LogP contribution in [-0.2, 0) is 14.8 Å². The van der Waals surface area contributed by atoms with E-state index in [1.807, 2.05) is 31.2 Å². The van der Waals surface area contributed by atoms with Gasteiger partial charge in [0.1, 0.15) is 0 Å². The third-order valence-corrected chi connectivity index (χ3v) is 7.18. The highest BCUT2D eigenvalue weighted by molar-refractivity contribution is 7.89. The third-order valence-electron chi connectivity index (χ3n) is 5.14. The Morgan fingerprint density at radius 2 is 1.72 bits per heavy atom. The number of rotatable bonds is 5. The molecule has 8 nitrogen and oxygen atoms in total. The lowest BCUT2D eigenvalue weighted by atomic mass is 9.97. The first-order valence-electron chi connectivity index (χ1n) is 9.31. The number of piperidine rings is 1. The lowest BCUT2D eigenvalue weighted by Crippen LogP contribution is -2.41. The van der Waals surface area contributed by atoms with Crippen molar-refractivity contribution >= 4 is 27.3 Å². The number of benzene rings is 2. The molecular formula is C20H23N3O5S. The van der Waals surface area contributed by atoms with Crippen LogP contribution in [0.2, 0.25) is 0 Å². The second-order valence-corrected chi connectivity index (χ2v) is 9.15. The van der Waals surface area contributed by atoms with Gasteiger partial charge in [0.2, 0.25) is 15.9 Å². The molecule has 3 rings (SSSR count). The van der Waals surface area contributed by atoms with Crippen molar-refractivity contribution in [2.24, 2.45) is 5.92 Å². The quantitative estimate of drug-likeness (QED) is 0.593. The molecule has 1 aliphatic rings. The topological polar surface area (TPSA) is 110 Å². The van der Waals surface area contributed by atoms with Crippen LogP contribution in [0.25, 0.3) is 0 Å². The van der Waals surface area contributed by atoms with E-state index in [0.29, 0.717) is 24.1 Å². The number of nitro benzene ring substituents is 1. The molecule has 0 aliphatic carbocycles. The molecule has 1 fully saturated rings. The Morgan fingerprint density at radius 3 is 2.31 bits per heavy atom. The molecule has 0 radical (unpaired) electrons. The minimum absolute atomic E-state index is 0.0609. The fourth-order valence-electron chi connectivity index (χ4n) is 3.36. The van der Waals surface area contributed by atoms with Gasteiger partial charge in [-0.25, -0.2) is 8.42 Å². The molecule has 0 bridgehead atoms. The van der Waals surface area contributed by atoms with Crippen LogP contribution in [0.3, 0.4) is 0 Å². The molecule has 154 valence electrons. The average molecular weight is 417 g/mol. The van der Waals surface area contributed by atoms with Crippen LogP contribution >= 0.6 is 0 Å². The predicted octanol–water partition coefficient (Wildman–Crippen LogP) is 3.25. The molecule has 0 saturated carbocycles. The zero-order chi connectivity index (χ0) is 21.2. The Morgan fingerprint density at radius 1 is 1.10 bits per heavy atom. The molecule has 1 heterocycles. The van der Waals surface area contributed by atoms with Gasteiger partial charge < -0.3 is 5.32 Å². The van der Waals surface area contributed by atoms with Gasteiger partial charge in [0.25, 0.3) is 5.69 Å². The number of hydrogen-bond acceptors (Lipinski definition) is 5. The summed E-state index contributed by atoms with van der Waals surface area (Å²) < 4.78 is 27.3. The molecule has 29 heavy (non-hydrogen) atoms. The Balaban J connectivity index is 1.68. The zero-order valence-electron chi connectivity index (χ0n) is 16.3. The van der Waals surface area contributed by atoms with E-state index in [-0.39, 0.29) is 35.5 Å². The number of sulfonamides is 1. The number of non-ortho nitro benzene ring substituents is 1. The predicted molar refractivity (Wildman–Crippen MR) is 109 cm³/mol. The van der Waals surface area contributed by atoms with Gasteiger partial charge in [-0.3, -0.25) is 14.9 Å². The van der Waals surface area contributed by atoms with E-state index in [1.165, 1.54) is 16.4 Å². The van der Waals surface area contributed by atoms with Crippen molar-refractivity contribution in [3.05, 3.63) is 63.7 Å². The van der Waals surface area contributed by atoms with E-state index in [1.54, 1.807) is 6.92 Å². The van der Waals surface area contributed by atoms with E-state index in [4.69, 9.17) is 0 Å². The SMILES string of the molecule is Cc1ccc(NC(=O)C2CCN(S(=O)(=O)c3cc([N+](=O)[O-])ccc3C)CC2)cc1. The van der Waals surface area contributed by atoms with E-state index in [2.05, 4.69) is 5.32 Å². The summed E-state index contributed by atoms with van der Waals surface area (Å²) in [6.45, 7) is 3.95.